The van der Waals surface area contributed by atoms with Gasteiger partial charge in [0.05, 0.1) is 6.61 Å². The molecule has 18 heavy (non-hydrogen) atoms. The summed E-state index contributed by atoms with van der Waals surface area (Å²) < 4.78 is 5.44. The first kappa shape index (κ1) is 11.0. The van der Waals surface area contributed by atoms with Crippen molar-refractivity contribution < 1.29 is 9.53 Å². The first-order chi connectivity index (χ1) is 8.83. The third-order valence-electron chi connectivity index (χ3n) is 3.22. The largest absolute Gasteiger partial charge is 0.493 e. The summed E-state index contributed by atoms with van der Waals surface area (Å²) >= 11 is 0. The predicted molar refractivity (Wildman–Crippen MR) is 70.1 cm³/mol. The van der Waals surface area contributed by atoms with Crippen molar-refractivity contribution in [1.29, 1.82) is 0 Å². The lowest BCUT2D eigenvalue weighted by Crippen LogP contribution is -2.03. The van der Waals surface area contributed by atoms with Crippen LogP contribution in [0.15, 0.2) is 48.5 Å². The van der Waals surface area contributed by atoms with Crippen molar-refractivity contribution in [2.45, 2.75) is 12.8 Å². The lowest BCUT2D eigenvalue weighted by Gasteiger charge is -2.04. The van der Waals surface area contributed by atoms with Gasteiger partial charge in [0.2, 0.25) is 0 Å². The number of Topliss-reactive ketones (excluding diaryl/α,β-unsaturated/α-hetero) is 1. The van der Waals surface area contributed by atoms with E-state index in [1.165, 1.54) is 0 Å². The first-order valence-corrected chi connectivity index (χ1v) is 6.16. The van der Waals surface area contributed by atoms with E-state index >= 15 is 0 Å². The summed E-state index contributed by atoms with van der Waals surface area (Å²) in [5.74, 6) is 1.09. The van der Waals surface area contributed by atoms with Crippen LogP contribution in [0.25, 0.3) is 0 Å². The Labute approximate surface area is 106 Å². The van der Waals surface area contributed by atoms with Crippen molar-refractivity contribution >= 4 is 5.78 Å². The average Bonchev–Trinajstić information content (AvgIpc) is 2.87. The number of carbonyl (C=O) groups excluding carboxylic acids is 1. The number of rotatable bonds is 3. The Kier molecular flexibility index (Phi) is 2.85. The van der Waals surface area contributed by atoms with Gasteiger partial charge in [-0.25, -0.2) is 0 Å². The molecule has 2 heteroatoms. The van der Waals surface area contributed by atoms with Gasteiger partial charge in [-0.2, -0.15) is 0 Å². The molecule has 0 saturated carbocycles. The van der Waals surface area contributed by atoms with E-state index < -0.39 is 0 Å². The van der Waals surface area contributed by atoms with Crippen LogP contribution in [-0.2, 0) is 12.8 Å². The molecule has 1 aliphatic heterocycles. The Morgan fingerprint density at radius 3 is 2.78 bits per heavy atom. The van der Waals surface area contributed by atoms with Crippen LogP contribution in [0.4, 0.5) is 0 Å². The fourth-order valence-electron chi connectivity index (χ4n) is 2.24. The highest BCUT2D eigenvalue weighted by Crippen LogP contribution is 2.26. The van der Waals surface area contributed by atoms with E-state index in [0.29, 0.717) is 6.42 Å². The van der Waals surface area contributed by atoms with Gasteiger partial charge in [0, 0.05) is 18.4 Å². The van der Waals surface area contributed by atoms with Crippen LogP contribution >= 0.6 is 0 Å². The minimum atomic E-state index is 0.163. The number of benzene rings is 2. The summed E-state index contributed by atoms with van der Waals surface area (Å²) in [5.41, 5.74) is 2.98. The summed E-state index contributed by atoms with van der Waals surface area (Å²) in [6.07, 6.45) is 1.36. The van der Waals surface area contributed by atoms with Crippen LogP contribution in [0.5, 0.6) is 5.75 Å². The molecule has 1 aliphatic rings. The maximum atomic E-state index is 12.2. The zero-order valence-electron chi connectivity index (χ0n) is 10.1. The van der Waals surface area contributed by atoms with Crippen molar-refractivity contribution in [2.75, 3.05) is 6.61 Å². The Morgan fingerprint density at radius 1 is 1.11 bits per heavy atom. The Hall–Kier alpha value is -2.09. The first-order valence-electron chi connectivity index (χ1n) is 6.16. The molecule has 0 spiro atoms. The van der Waals surface area contributed by atoms with Gasteiger partial charge in [-0.15, -0.1) is 0 Å². The highest BCUT2D eigenvalue weighted by atomic mass is 16.5. The van der Waals surface area contributed by atoms with Gasteiger partial charge in [-0.3, -0.25) is 4.79 Å². The second-order valence-electron chi connectivity index (χ2n) is 4.51. The van der Waals surface area contributed by atoms with Crippen LogP contribution in [-0.4, -0.2) is 12.4 Å². The number of hydrogen-bond donors (Lipinski definition) is 0. The van der Waals surface area contributed by atoms with Crippen LogP contribution < -0.4 is 4.74 Å². The molecular formula is C16H14O2. The Morgan fingerprint density at radius 2 is 1.94 bits per heavy atom. The third kappa shape index (κ3) is 2.14. The summed E-state index contributed by atoms with van der Waals surface area (Å²) in [7, 11) is 0. The van der Waals surface area contributed by atoms with E-state index in [1.807, 2.05) is 48.5 Å². The smallest absolute Gasteiger partial charge is 0.167 e. The number of ether oxygens (including phenoxy) is 1. The van der Waals surface area contributed by atoms with Gasteiger partial charge in [-0.1, -0.05) is 30.3 Å². The van der Waals surface area contributed by atoms with Gasteiger partial charge in [-0.05, 0) is 29.3 Å². The highest BCUT2D eigenvalue weighted by Gasteiger charge is 2.15. The molecule has 1 heterocycles. The topological polar surface area (TPSA) is 26.3 Å². The van der Waals surface area contributed by atoms with Crippen LogP contribution in [0.2, 0.25) is 0 Å². The molecule has 3 rings (SSSR count). The highest BCUT2D eigenvalue weighted by molar-refractivity contribution is 5.97. The molecule has 0 bridgehead atoms. The van der Waals surface area contributed by atoms with Crippen molar-refractivity contribution in [3.63, 3.8) is 0 Å². The zero-order valence-corrected chi connectivity index (χ0v) is 10.1. The molecule has 0 fully saturated rings. The van der Waals surface area contributed by atoms with Crippen molar-refractivity contribution in [1.82, 2.24) is 0 Å². The fourth-order valence-corrected chi connectivity index (χ4v) is 2.24. The normalized spacial score (nSPS) is 12.9. The van der Waals surface area contributed by atoms with Gasteiger partial charge in [0.15, 0.2) is 5.78 Å². The van der Waals surface area contributed by atoms with Gasteiger partial charge >= 0.3 is 0 Å². The molecule has 0 N–H and O–H groups in total. The van der Waals surface area contributed by atoms with E-state index in [0.717, 1.165) is 35.5 Å². The predicted octanol–water partition coefficient (Wildman–Crippen LogP) is 3.05. The average molecular weight is 238 g/mol. The molecule has 0 saturated heterocycles. The fraction of sp³-hybridized carbons (Fsp3) is 0.188. The number of fused-ring (bicyclic) bond motifs is 1. The van der Waals surface area contributed by atoms with Gasteiger partial charge in [0.1, 0.15) is 5.75 Å². The van der Waals surface area contributed by atoms with E-state index in [4.69, 9.17) is 4.74 Å². The molecule has 0 atom stereocenters. The van der Waals surface area contributed by atoms with E-state index in [2.05, 4.69) is 0 Å². The molecule has 2 aromatic rings. The van der Waals surface area contributed by atoms with Gasteiger partial charge in [0.25, 0.3) is 0 Å². The SMILES string of the molecule is O=C(Cc1ccccc1)c1ccc2c(c1)CCO2. The molecular weight excluding hydrogens is 224 g/mol. The van der Waals surface area contributed by atoms with Crippen LogP contribution in [0.1, 0.15) is 21.5 Å². The maximum Gasteiger partial charge on any atom is 0.167 e. The Balaban J connectivity index is 1.81. The van der Waals surface area contributed by atoms with Crippen molar-refractivity contribution in [3.05, 3.63) is 65.2 Å². The molecule has 0 amide bonds. The van der Waals surface area contributed by atoms with E-state index in [1.54, 1.807) is 0 Å². The monoisotopic (exact) mass is 238 g/mol. The molecule has 0 aliphatic carbocycles. The second-order valence-corrected chi connectivity index (χ2v) is 4.51. The number of carbonyl (C=O) groups is 1. The minimum absolute atomic E-state index is 0.163. The maximum absolute atomic E-state index is 12.2. The summed E-state index contributed by atoms with van der Waals surface area (Å²) in [5, 5.41) is 0. The summed E-state index contributed by atoms with van der Waals surface area (Å²) in [6, 6.07) is 15.6. The number of ketones is 1. The molecule has 90 valence electrons. The van der Waals surface area contributed by atoms with E-state index in [9.17, 15) is 4.79 Å². The second kappa shape index (κ2) is 4.65. The van der Waals surface area contributed by atoms with Gasteiger partial charge < -0.3 is 4.74 Å². The summed E-state index contributed by atoms with van der Waals surface area (Å²) in [6.45, 7) is 0.728. The molecule has 2 aromatic carbocycles. The van der Waals surface area contributed by atoms with Crippen molar-refractivity contribution in [3.8, 4) is 5.75 Å². The number of hydrogen-bond acceptors (Lipinski definition) is 2. The molecule has 2 nitrogen and oxygen atoms in total. The lowest BCUT2D eigenvalue weighted by molar-refractivity contribution is 0.0993. The standard InChI is InChI=1S/C16H14O2/c17-15(10-12-4-2-1-3-5-12)13-6-7-16-14(11-13)8-9-18-16/h1-7,11H,8-10H2. The molecule has 0 unspecified atom stereocenters. The van der Waals surface area contributed by atoms with Crippen molar-refractivity contribution in [2.24, 2.45) is 0 Å². The van der Waals surface area contributed by atoms with Crippen LogP contribution in [0.3, 0.4) is 0 Å². The lowest BCUT2D eigenvalue weighted by atomic mass is 10.0. The van der Waals surface area contributed by atoms with Crippen LogP contribution in [0, 0.1) is 0 Å². The minimum Gasteiger partial charge on any atom is -0.493 e. The zero-order chi connectivity index (χ0) is 12.4. The molecule has 0 radical (unpaired) electrons. The Bertz CT molecular complexity index is 573. The van der Waals surface area contributed by atoms with E-state index in [-0.39, 0.29) is 5.78 Å². The molecule has 0 aromatic heterocycles. The third-order valence-corrected chi connectivity index (χ3v) is 3.22. The summed E-state index contributed by atoms with van der Waals surface area (Å²) in [4.78, 5) is 12.2. The quantitative estimate of drug-likeness (QED) is 0.768.